The van der Waals surface area contributed by atoms with Crippen molar-refractivity contribution in [3.8, 4) is 11.1 Å². The Bertz CT molecular complexity index is 528. The molecule has 0 saturated carbocycles. The first-order chi connectivity index (χ1) is 9.77. The molecule has 0 aliphatic rings. The second-order valence-corrected chi connectivity index (χ2v) is 5.48. The maximum Gasteiger partial charge on any atom is 0.0487 e. The standard InChI is InChI=1S/C17H19Cl2N/c1-20(12-11-18)17(13-19)16-10-6-5-9-15(16)14-7-3-2-4-8-14/h2-10,17H,11-13H2,1H3. The molecule has 2 aromatic rings. The van der Waals surface area contributed by atoms with Crippen molar-refractivity contribution >= 4 is 23.2 Å². The predicted molar refractivity (Wildman–Crippen MR) is 88.7 cm³/mol. The topological polar surface area (TPSA) is 3.24 Å². The number of rotatable bonds is 6. The molecular formula is C17H19Cl2N. The molecule has 1 unspecified atom stereocenters. The van der Waals surface area contributed by atoms with E-state index < -0.39 is 0 Å². The van der Waals surface area contributed by atoms with Crippen LogP contribution in [0.4, 0.5) is 0 Å². The molecule has 0 N–H and O–H groups in total. The van der Waals surface area contributed by atoms with Gasteiger partial charge >= 0.3 is 0 Å². The molecule has 0 aliphatic carbocycles. The minimum absolute atomic E-state index is 0.173. The SMILES string of the molecule is CN(CCCl)C(CCl)c1ccccc1-c1ccccc1. The molecule has 0 spiro atoms. The van der Waals surface area contributed by atoms with Crippen molar-refractivity contribution in [1.82, 2.24) is 4.90 Å². The van der Waals surface area contributed by atoms with Crippen LogP contribution in [0.25, 0.3) is 11.1 Å². The van der Waals surface area contributed by atoms with Crippen molar-refractivity contribution in [3.63, 3.8) is 0 Å². The van der Waals surface area contributed by atoms with Crippen LogP contribution in [0.5, 0.6) is 0 Å². The molecule has 20 heavy (non-hydrogen) atoms. The van der Waals surface area contributed by atoms with Crippen LogP contribution in [-0.2, 0) is 0 Å². The summed E-state index contributed by atoms with van der Waals surface area (Å²) in [5.74, 6) is 1.16. The van der Waals surface area contributed by atoms with Gasteiger partial charge in [0.05, 0.1) is 0 Å². The smallest absolute Gasteiger partial charge is 0.0487 e. The monoisotopic (exact) mass is 307 g/mol. The van der Waals surface area contributed by atoms with Gasteiger partial charge < -0.3 is 0 Å². The summed E-state index contributed by atoms with van der Waals surface area (Å²) in [4.78, 5) is 2.21. The molecule has 0 radical (unpaired) electrons. The van der Waals surface area contributed by atoms with Crippen LogP contribution < -0.4 is 0 Å². The molecule has 3 heteroatoms. The van der Waals surface area contributed by atoms with E-state index in [2.05, 4.69) is 60.5 Å². The van der Waals surface area contributed by atoms with Crippen molar-refractivity contribution in [3.05, 3.63) is 60.2 Å². The van der Waals surface area contributed by atoms with E-state index in [1.54, 1.807) is 0 Å². The Morgan fingerprint density at radius 2 is 1.60 bits per heavy atom. The third kappa shape index (κ3) is 3.54. The molecule has 0 heterocycles. The lowest BCUT2D eigenvalue weighted by atomic mass is 9.95. The van der Waals surface area contributed by atoms with Crippen molar-refractivity contribution in [2.24, 2.45) is 0 Å². The van der Waals surface area contributed by atoms with Crippen molar-refractivity contribution in [2.45, 2.75) is 6.04 Å². The Kier molecular flexibility index (Phi) is 5.90. The quantitative estimate of drug-likeness (QED) is 0.693. The second kappa shape index (κ2) is 7.68. The van der Waals surface area contributed by atoms with Crippen LogP contribution in [-0.4, -0.2) is 30.3 Å². The number of halogens is 2. The van der Waals surface area contributed by atoms with Gasteiger partial charge in [0.1, 0.15) is 0 Å². The molecule has 0 aromatic heterocycles. The zero-order valence-electron chi connectivity index (χ0n) is 11.6. The third-order valence-electron chi connectivity index (χ3n) is 3.52. The van der Waals surface area contributed by atoms with Crippen LogP contribution in [0, 0.1) is 0 Å². The van der Waals surface area contributed by atoms with E-state index in [4.69, 9.17) is 23.2 Å². The van der Waals surface area contributed by atoms with E-state index in [0.29, 0.717) is 11.8 Å². The summed E-state index contributed by atoms with van der Waals surface area (Å²) in [6.45, 7) is 0.821. The maximum absolute atomic E-state index is 6.21. The molecule has 1 nitrogen and oxygen atoms in total. The van der Waals surface area contributed by atoms with Gasteiger partial charge in [-0.1, -0.05) is 54.6 Å². The highest BCUT2D eigenvalue weighted by Gasteiger charge is 2.19. The Labute approximate surface area is 131 Å². The molecule has 0 amide bonds. The van der Waals surface area contributed by atoms with Gasteiger partial charge in [-0.3, -0.25) is 4.90 Å². The van der Waals surface area contributed by atoms with E-state index >= 15 is 0 Å². The molecular weight excluding hydrogens is 289 g/mol. The lowest BCUT2D eigenvalue weighted by Gasteiger charge is -2.28. The van der Waals surface area contributed by atoms with Gasteiger partial charge in [0.25, 0.3) is 0 Å². The van der Waals surface area contributed by atoms with E-state index in [9.17, 15) is 0 Å². The predicted octanol–water partition coefficient (Wildman–Crippen LogP) is 4.80. The molecule has 2 aromatic carbocycles. The summed E-state index contributed by atoms with van der Waals surface area (Å²) < 4.78 is 0. The Morgan fingerprint density at radius 1 is 0.950 bits per heavy atom. The van der Waals surface area contributed by atoms with Gasteiger partial charge in [-0.25, -0.2) is 0 Å². The van der Waals surface area contributed by atoms with E-state index in [1.165, 1.54) is 16.7 Å². The number of alkyl halides is 2. The fourth-order valence-electron chi connectivity index (χ4n) is 2.40. The highest BCUT2D eigenvalue weighted by atomic mass is 35.5. The second-order valence-electron chi connectivity index (χ2n) is 4.79. The van der Waals surface area contributed by atoms with Gasteiger partial charge in [0, 0.05) is 24.3 Å². The molecule has 1 atom stereocenters. The molecule has 0 aliphatic heterocycles. The number of benzene rings is 2. The first-order valence-electron chi connectivity index (χ1n) is 6.74. The summed E-state index contributed by atoms with van der Waals surface area (Å²) in [5, 5.41) is 0. The van der Waals surface area contributed by atoms with E-state index in [0.717, 1.165) is 6.54 Å². The minimum atomic E-state index is 0.173. The Hall–Kier alpha value is -1.02. The van der Waals surface area contributed by atoms with Gasteiger partial charge in [-0.2, -0.15) is 0 Å². The van der Waals surface area contributed by atoms with Crippen LogP contribution >= 0.6 is 23.2 Å². The zero-order chi connectivity index (χ0) is 14.4. The lowest BCUT2D eigenvalue weighted by molar-refractivity contribution is 0.281. The van der Waals surface area contributed by atoms with Gasteiger partial charge in [0.15, 0.2) is 0 Å². The first-order valence-corrected chi connectivity index (χ1v) is 7.81. The normalized spacial score (nSPS) is 12.6. The molecule has 2 rings (SSSR count). The average Bonchev–Trinajstić information content (AvgIpc) is 2.50. The van der Waals surface area contributed by atoms with Gasteiger partial charge in [-0.15, -0.1) is 23.2 Å². The summed E-state index contributed by atoms with van der Waals surface area (Å²) in [5.41, 5.74) is 3.71. The van der Waals surface area contributed by atoms with E-state index in [1.807, 2.05) is 6.07 Å². The highest BCUT2D eigenvalue weighted by Crippen LogP contribution is 2.31. The number of hydrogen-bond acceptors (Lipinski definition) is 1. The Balaban J connectivity index is 2.41. The lowest BCUT2D eigenvalue weighted by Crippen LogP contribution is -2.28. The number of nitrogens with zero attached hydrogens (tertiary/aromatic N) is 1. The first kappa shape index (κ1) is 15.4. The fourth-order valence-corrected chi connectivity index (χ4v) is 3.06. The summed E-state index contributed by atoms with van der Waals surface area (Å²) in [6, 6.07) is 19.0. The van der Waals surface area contributed by atoms with Gasteiger partial charge in [0.2, 0.25) is 0 Å². The largest absolute Gasteiger partial charge is 0.297 e. The van der Waals surface area contributed by atoms with Crippen molar-refractivity contribution in [2.75, 3.05) is 25.4 Å². The van der Waals surface area contributed by atoms with Crippen molar-refractivity contribution < 1.29 is 0 Å². The molecule has 0 saturated heterocycles. The highest BCUT2D eigenvalue weighted by molar-refractivity contribution is 6.18. The maximum atomic E-state index is 6.21. The van der Waals surface area contributed by atoms with Crippen LogP contribution in [0.15, 0.2) is 54.6 Å². The van der Waals surface area contributed by atoms with Crippen LogP contribution in [0.1, 0.15) is 11.6 Å². The van der Waals surface area contributed by atoms with Gasteiger partial charge in [-0.05, 0) is 23.7 Å². The molecule has 0 bridgehead atoms. The van der Waals surface area contributed by atoms with Crippen LogP contribution in [0.2, 0.25) is 0 Å². The molecule has 106 valence electrons. The van der Waals surface area contributed by atoms with Crippen molar-refractivity contribution in [1.29, 1.82) is 0 Å². The fraction of sp³-hybridized carbons (Fsp3) is 0.294. The summed E-state index contributed by atoms with van der Waals surface area (Å²) in [7, 11) is 2.07. The average molecular weight is 308 g/mol. The van der Waals surface area contributed by atoms with E-state index in [-0.39, 0.29) is 6.04 Å². The number of hydrogen-bond donors (Lipinski definition) is 0. The summed E-state index contributed by atoms with van der Waals surface area (Å²) in [6.07, 6.45) is 0. The molecule has 0 fully saturated rings. The minimum Gasteiger partial charge on any atom is -0.297 e. The van der Waals surface area contributed by atoms with Crippen LogP contribution in [0.3, 0.4) is 0 Å². The third-order valence-corrected chi connectivity index (χ3v) is 3.98. The zero-order valence-corrected chi connectivity index (χ0v) is 13.1. The summed E-state index contributed by atoms with van der Waals surface area (Å²) >= 11 is 12.1. The Morgan fingerprint density at radius 3 is 2.25 bits per heavy atom.